The lowest BCUT2D eigenvalue weighted by Gasteiger charge is -2.30. The minimum Gasteiger partial charge on any atom is -0.480 e. The highest BCUT2D eigenvalue weighted by molar-refractivity contribution is 5.96. The summed E-state index contributed by atoms with van der Waals surface area (Å²) in [5.74, 6) is -4.93. The Bertz CT molecular complexity index is 1210. The molecule has 0 aliphatic carbocycles. The molecular weight excluding hydrogens is 552 g/mol. The molecule has 4 amide bonds. The molecule has 0 bridgehead atoms. The summed E-state index contributed by atoms with van der Waals surface area (Å²) >= 11 is 0. The quantitative estimate of drug-likeness (QED) is 0.176. The molecule has 0 saturated carbocycles. The van der Waals surface area contributed by atoms with Crippen LogP contribution in [0.2, 0.25) is 0 Å². The Balaban J connectivity index is 2.10. The van der Waals surface area contributed by atoms with Gasteiger partial charge in [0.2, 0.25) is 23.6 Å². The summed E-state index contributed by atoms with van der Waals surface area (Å²) in [4.78, 5) is 64.4. The third-order valence-electron chi connectivity index (χ3n) is 7.36. The molecule has 7 N–H and O–H groups in total. The van der Waals surface area contributed by atoms with Crippen LogP contribution in [0.25, 0.3) is 5.57 Å². The molecule has 43 heavy (non-hydrogen) atoms. The highest BCUT2D eigenvalue weighted by atomic mass is 16.4. The van der Waals surface area contributed by atoms with Crippen molar-refractivity contribution in [2.75, 3.05) is 0 Å². The first-order valence-electron chi connectivity index (χ1n) is 14.7. The normalized spacial score (nSPS) is 16.0. The number of rotatable bonds is 15. The van der Waals surface area contributed by atoms with Crippen LogP contribution < -0.4 is 32.3 Å². The van der Waals surface area contributed by atoms with Gasteiger partial charge in [-0.25, -0.2) is 4.79 Å². The van der Waals surface area contributed by atoms with Crippen molar-refractivity contribution in [3.8, 4) is 0 Å². The fraction of sp³-hybridized carbons (Fsp3) is 0.581. The van der Waals surface area contributed by atoms with E-state index in [-0.39, 0.29) is 30.1 Å². The predicted molar refractivity (Wildman–Crippen MR) is 164 cm³/mol. The molecule has 1 radical (unpaired) electrons. The van der Waals surface area contributed by atoms with Crippen molar-refractivity contribution in [2.24, 2.45) is 29.4 Å². The average molecular weight is 600 g/mol. The molecule has 2 rings (SSSR count). The standard InChI is InChI=1S/C31H47N6O6/c1-15(2)23(34-27(38)21(32)13-19-14-33-22-12-10-9-11-20(19)22)28(39)35-24(16(3)4)29(40)36-25(17(5)6)30(41)37-26(18(7)8)31(42)43/h9-12,14-18,21,23-26H,13,32H2,1-8H3,(H,34,38)(H,35,39)(H,36,40)(H,37,41)(H,42,43)/t21-,23-,24-,25-,26-/m0/s1. The van der Waals surface area contributed by atoms with Crippen molar-refractivity contribution in [3.05, 3.63) is 36.0 Å². The number of nitrogens with two attached hydrogens (primary N) is 1. The summed E-state index contributed by atoms with van der Waals surface area (Å²) in [5, 5.41) is 24.5. The van der Waals surface area contributed by atoms with E-state index in [1.165, 1.54) is 0 Å². The molecule has 1 aliphatic heterocycles. The summed E-state index contributed by atoms with van der Waals surface area (Å²) in [5.41, 5.74) is 8.76. The monoisotopic (exact) mass is 599 g/mol. The maximum Gasteiger partial charge on any atom is 0.326 e. The Hall–Kier alpha value is -3.93. The zero-order chi connectivity index (χ0) is 32.6. The first-order chi connectivity index (χ1) is 20.0. The van der Waals surface area contributed by atoms with Crippen LogP contribution in [0.5, 0.6) is 0 Å². The number of hydrogen-bond donors (Lipinski definition) is 6. The van der Waals surface area contributed by atoms with Crippen LogP contribution in [-0.4, -0.2) is 64.9 Å². The lowest BCUT2D eigenvalue weighted by Crippen LogP contribution is -2.61. The number of para-hydroxylation sites is 1. The summed E-state index contributed by atoms with van der Waals surface area (Å²) in [6.07, 6.45) is 1.92. The van der Waals surface area contributed by atoms with Crippen molar-refractivity contribution >= 4 is 40.9 Å². The van der Waals surface area contributed by atoms with Crippen molar-refractivity contribution < 1.29 is 29.1 Å². The number of aliphatic carboxylic acids is 1. The number of hydrogen-bond acceptors (Lipinski definition) is 6. The van der Waals surface area contributed by atoms with Gasteiger partial charge < -0.3 is 32.1 Å². The molecule has 5 atom stereocenters. The van der Waals surface area contributed by atoms with Gasteiger partial charge in [0.25, 0.3) is 0 Å². The molecule has 237 valence electrons. The number of amides is 4. The molecule has 12 heteroatoms. The smallest absolute Gasteiger partial charge is 0.326 e. The lowest BCUT2D eigenvalue weighted by atomic mass is 9.96. The molecule has 0 spiro atoms. The molecule has 0 saturated heterocycles. The van der Waals surface area contributed by atoms with E-state index in [0.717, 1.165) is 16.8 Å². The van der Waals surface area contributed by atoms with E-state index in [4.69, 9.17) is 5.73 Å². The fourth-order valence-electron chi connectivity index (χ4n) is 4.67. The van der Waals surface area contributed by atoms with Crippen LogP contribution in [0.4, 0.5) is 5.69 Å². The second-order valence-corrected chi connectivity index (χ2v) is 12.4. The van der Waals surface area contributed by atoms with E-state index in [0.29, 0.717) is 0 Å². The molecule has 1 aliphatic rings. The maximum atomic E-state index is 13.4. The maximum absolute atomic E-state index is 13.4. The molecule has 1 aromatic carbocycles. The predicted octanol–water partition coefficient (Wildman–Crippen LogP) is 1.64. The van der Waals surface area contributed by atoms with Gasteiger partial charge in [0.05, 0.1) is 11.7 Å². The molecule has 12 nitrogen and oxygen atoms in total. The minimum atomic E-state index is -1.18. The molecule has 0 aromatic heterocycles. The molecule has 1 aromatic rings. The van der Waals surface area contributed by atoms with Crippen LogP contribution in [0.15, 0.2) is 30.5 Å². The third kappa shape index (κ3) is 9.54. The Morgan fingerprint density at radius 2 is 1.07 bits per heavy atom. The van der Waals surface area contributed by atoms with E-state index in [2.05, 4.69) is 26.6 Å². The summed E-state index contributed by atoms with van der Waals surface area (Å²) in [6, 6.07) is 2.44. The van der Waals surface area contributed by atoms with Gasteiger partial charge in [-0.05, 0) is 41.7 Å². The number of nitrogens with one attached hydrogen (secondary N) is 4. The van der Waals surface area contributed by atoms with Gasteiger partial charge in [-0.1, -0.05) is 73.6 Å². The zero-order valence-electron chi connectivity index (χ0n) is 26.3. The minimum absolute atomic E-state index is 0.230. The second-order valence-electron chi connectivity index (χ2n) is 12.4. The largest absolute Gasteiger partial charge is 0.480 e. The third-order valence-corrected chi connectivity index (χ3v) is 7.36. The average Bonchev–Trinajstić information content (AvgIpc) is 3.32. The van der Waals surface area contributed by atoms with E-state index in [1.54, 1.807) is 61.6 Å². The Morgan fingerprint density at radius 3 is 1.49 bits per heavy atom. The van der Waals surface area contributed by atoms with E-state index in [9.17, 15) is 29.1 Å². The van der Waals surface area contributed by atoms with Gasteiger partial charge in [-0.2, -0.15) is 0 Å². The summed E-state index contributed by atoms with van der Waals surface area (Å²) in [6.45, 7) is 13.8. The van der Waals surface area contributed by atoms with Crippen LogP contribution >= 0.6 is 0 Å². The number of benzene rings is 1. The lowest BCUT2D eigenvalue weighted by molar-refractivity contribution is -0.144. The fourth-order valence-corrected chi connectivity index (χ4v) is 4.67. The van der Waals surface area contributed by atoms with E-state index in [1.807, 2.05) is 24.3 Å². The van der Waals surface area contributed by atoms with Gasteiger partial charge in [0.15, 0.2) is 0 Å². The number of carboxylic acids is 1. The van der Waals surface area contributed by atoms with Gasteiger partial charge in [0.1, 0.15) is 24.2 Å². The Labute approximate surface area is 254 Å². The number of carbonyl (C=O) groups excluding carboxylic acids is 4. The molecule has 0 fully saturated rings. The van der Waals surface area contributed by atoms with Crippen LogP contribution in [0.1, 0.15) is 67.4 Å². The summed E-state index contributed by atoms with van der Waals surface area (Å²) in [7, 11) is 0. The van der Waals surface area contributed by atoms with Crippen molar-refractivity contribution in [1.29, 1.82) is 0 Å². The van der Waals surface area contributed by atoms with Gasteiger partial charge in [-0.15, -0.1) is 0 Å². The second kappa shape index (κ2) is 15.5. The number of carbonyl (C=O) groups is 5. The number of nitrogens with zero attached hydrogens (tertiary/aromatic N) is 1. The van der Waals surface area contributed by atoms with E-state index < -0.39 is 59.8 Å². The zero-order valence-corrected chi connectivity index (χ0v) is 26.3. The summed E-state index contributed by atoms with van der Waals surface area (Å²) < 4.78 is 0. The highest BCUT2D eigenvalue weighted by Crippen LogP contribution is 2.32. The number of fused-ring (bicyclic) bond motifs is 1. The number of carboxylic acid groups (broad SMARTS) is 1. The van der Waals surface area contributed by atoms with Gasteiger partial charge >= 0.3 is 5.97 Å². The highest BCUT2D eigenvalue weighted by Gasteiger charge is 2.35. The SMILES string of the molecule is CC(C)[C@H](NC(=O)[C@@H](NC(=O)[C@@H](NC(=O)[C@@H](NC(=O)[C@@H](N)CC1=C[N]c2ccccc21)C(C)C)C(C)C)C(C)C)C(=O)O. The van der Waals surface area contributed by atoms with Crippen LogP contribution in [-0.2, 0) is 24.0 Å². The first-order valence-corrected chi connectivity index (χ1v) is 14.7. The Morgan fingerprint density at radius 1 is 0.674 bits per heavy atom. The van der Waals surface area contributed by atoms with Crippen LogP contribution in [0.3, 0.4) is 0 Å². The van der Waals surface area contributed by atoms with Gasteiger partial charge in [-0.3, -0.25) is 24.5 Å². The van der Waals surface area contributed by atoms with Gasteiger partial charge in [0, 0.05) is 11.8 Å². The Kier molecular flexibility index (Phi) is 12.7. The van der Waals surface area contributed by atoms with Crippen molar-refractivity contribution in [1.82, 2.24) is 26.6 Å². The molecular formula is C31H47N6O6. The molecule has 1 heterocycles. The van der Waals surface area contributed by atoms with Crippen molar-refractivity contribution in [3.63, 3.8) is 0 Å². The first kappa shape index (κ1) is 35.3. The van der Waals surface area contributed by atoms with E-state index >= 15 is 0 Å². The molecule has 0 unspecified atom stereocenters. The van der Waals surface area contributed by atoms with Crippen LogP contribution in [0, 0.1) is 23.7 Å². The van der Waals surface area contributed by atoms with Crippen molar-refractivity contribution in [2.45, 2.75) is 92.0 Å². The topological polar surface area (TPSA) is 194 Å².